The van der Waals surface area contributed by atoms with Crippen molar-refractivity contribution < 1.29 is 23.5 Å². The Morgan fingerprint density at radius 1 is 0.968 bits per heavy atom. The standard InChI is InChI=1S/C25H26FNO4/c1-14(2)31-22-9-6-16(12-23(22)30-3)17-10-20-25(21(28)11-17)19(13-24(29)27-20)15-4-7-18(26)8-5-15/h4-9,12,14,17,19H,10-11,13H2,1-3H3,(H,27,29). The molecule has 2 aromatic rings. The van der Waals surface area contributed by atoms with Crippen LogP contribution in [0, 0.1) is 5.82 Å². The molecule has 1 amide bonds. The first-order valence-electron chi connectivity index (χ1n) is 10.5. The van der Waals surface area contributed by atoms with Gasteiger partial charge in [-0.3, -0.25) is 9.59 Å². The van der Waals surface area contributed by atoms with Gasteiger partial charge in [0.25, 0.3) is 0 Å². The highest BCUT2D eigenvalue weighted by Gasteiger charge is 2.38. The Kier molecular flexibility index (Phi) is 5.81. The quantitative estimate of drug-likeness (QED) is 0.762. The maximum absolute atomic E-state index is 13.4. The van der Waals surface area contributed by atoms with Crippen molar-refractivity contribution in [3.05, 3.63) is 70.7 Å². The predicted molar refractivity (Wildman–Crippen MR) is 115 cm³/mol. The van der Waals surface area contributed by atoms with E-state index in [0.29, 0.717) is 35.6 Å². The summed E-state index contributed by atoms with van der Waals surface area (Å²) in [4.78, 5) is 25.6. The fraction of sp³-hybridized carbons (Fsp3) is 0.360. The molecule has 0 saturated heterocycles. The minimum absolute atomic E-state index is 0.0158. The molecule has 0 fully saturated rings. The molecule has 0 radical (unpaired) electrons. The van der Waals surface area contributed by atoms with Crippen LogP contribution in [0.25, 0.3) is 0 Å². The summed E-state index contributed by atoms with van der Waals surface area (Å²) in [6.45, 7) is 3.90. The van der Waals surface area contributed by atoms with Gasteiger partial charge in [-0.25, -0.2) is 4.39 Å². The highest BCUT2D eigenvalue weighted by Crippen LogP contribution is 2.43. The number of nitrogens with one attached hydrogen (secondary N) is 1. The second-order valence-electron chi connectivity index (χ2n) is 8.35. The molecule has 162 valence electrons. The highest BCUT2D eigenvalue weighted by atomic mass is 19.1. The lowest BCUT2D eigenvalue weighted by Crippen LogP contribution is -2.38. The van der Waals surface area contributed by atoms with Crippen molar-refractivity contribution in [3.8, 4) is 11.5 Å². The smallest absolute Gasteiger partial charge is 0.225 e. The molecule has 1 aliphatic carbocycles. The molecule has 0 saturated carbocycles. The number of benzene rings is 2. The number of hydrogen-bond donors (Lipinski definition) is 1. The third-order valence-electron chi connectivity index (χ3n) is 5.83. The van der Waals surface area contributed by atoms with Crippen molar-refractivity contribution in [1.82, 2.24) is 5.32 Å². The molecule has 0 spiro atoms. The molecule has 2 unspecified atom stereocenters. The zero-order valence-electron chi connectivity index (χ0n) is 17.9. The Morgan fingerprint density at radius 2 is 1.68 bits per heavy atom. The second-order valence-corrected chi connectivity index (χ2v) is 8.35. The van der Waals surface area contributed by atoms with E-state index in [9.17, 15) is 14.0 Å². The minimum atomic E-state index is -0.341. The van der Waals surface area contributed by atoms with Gasteiger partial charge in [0.1, 0.15) is 5.82 Å². The number of carbonyl (C=O) groups excluding carboxylic acids is 2. The highest BCUT2D eigenvalue weighted by molar-refractivity contribution is 6.02. The summed E-state index contributed by atoms with van der Waals surface area (Å²) in [6.07, 6.45) is 1.11. The molecule has 1 aliphatic heterocycles. The number of halogens is 1. The molecule has 6 heteroatoms. The maximum atomic E-state index is 13.4. The lowest BCUT2D eigenvalue weighted by molar-refractivity contribution is -0.122. The number of carbonyl (C=O) groups is 2. The number of rotatable bonds is 5. The van der Waals surface area contributed by atoms with Gasteiger partial charge in [-0.2, -0.15) is 0 Å². The second kappa shape index (κ2) is 8.53. The van der Waals surface area contributed by atoms with Crippen LogP contribution >= 0.6 is 0 Å². The molecular formula is C25H26FNO4. The van der Waals surface area contributed by atoms with Gasteiger partial charge in [-0.15, -0.1) is 0 Å². The lowest BCUT2D eigenvalue weighted by Gasteiger charge is -2.34. The Hall–Kier alpha value is -3.15. The average Bonchev–Trinajstić information content (AvgIpc) is 2.73. The molecule has 1 heterocycles. The third-order valence-corrected chi connectivity index (χ3v) is 5.83. The number of amides is 1. The molecular weight excluding hydrogens is 397 g/mol. The van der Waals surface area contributed by atoms with Crippen molar-refractivity contribution in [1.29, 1.82) is 0 Å². The van der Waals surface area contributed by atoms with Gasteiger partial charge in [-0.05, 0) is 61.6 Å². The van der Waals surface area contributed by atoms with Crippen LogP contribution in [0.3, 0.4) is 0 Å². The number of ketones is 1. The van der Waals surface area contributed by atoms with Crippen molar-refractivity contribution in [3.63, 3.8) is 0 Å². The Labute approximate surface area is 181 Å². The van der Waals surface area contributed by atoms with Crippen LogP contribution in [-0.4, -0.2) is 24.9 Å². The van der Waals surface area contributed by atoms with Crippen LogP contribution in [-0.2, 0) is 9.59 Å². The Bertz CT molecular complexity index is 1040. The summed E-state index contributed by atoms with van der Waals surface area (Å²) in [5.74, 6) is 0.421. The summed E-state index contributed by atoms with van der Waals surface area (Å²) in [6, 6.07) is 11.8. The zero-order chi connectivity index (χ0) is 22.1. The van der Waals surface area contributed by atoms with Crippen molar-refractivity contribution in [2.45, 2.75) is 51.0 Å². The molecule has 1 N–H and O–H groups in total. The average molecular weight is 423 g/mol. The van der Waals surface area contributed by atoms with E-state index in [1.807, 2.05) is 32.0 Å². The van der Waals surface area contributed by atoms with Crippen LogP contribution < -0.4 is 14.8 Å². The van der Waals surface area contributed by atoms with Crippen LogP contribution in [0.1, 0.15) is 56.1 Å². The fourth-order valence-electron chi connectivity index (χ4n) is 4.47. The first-order chi connectivity index (χ1) is 14.9. The molecule has 0 aromatic heterocycles. The number of hydrogen-bond acceptors (Lipinski definition) is 4. The van der Waals surface area contributed by atoms with E-state index >= 15 is 0 Å². The summed E-state index contributed by atoms with van der Waals surface area (Å²) < 4.78 is 24.6. The number of Topliss-reactive ketones (excluding diaryl/α,β-unsaturated/α-hetero) is 1. The van der Waals surface area contributed by atoms with Gasteiger partial charge in [-0.1, -0.05) is 18.2 Å². The number of ether oxygens (including phenoxy) is 2. The van der Waals surface area contributed by atoms with E-state index in [-0.39, 0.29) is 41.9 Å². The Morgan fingerprint density at radius 3 is 2.35 bits per heavy atom. The summed E-state index contributed by atoms with van der Waals surface area (Å²) in [7, 11) is 1.59. The van der Waals surface area contributed by atoms with Gasteiger partial charge in [0.05, 0.1) is 13.2 Å². The fourth-order valence-corrected chi connectivity index (χ4v) is 4.47. The molecule has 4 rings (SSSR count). The molecule has 31 heavy (non-hydrogen) atoms. The van der Waals surface area contributed by atoms with Crippen molar-refractivity contribution >= 4 is 11.7 Å². The minimum Gasteiger partial charge on any atom is -0.493 e. The van der Waals surface area contributed by atoms with Crippen LogP contribution in [0.5, 0.6) is 11.5 Å². The topological polar surface area (TPSA) is 64.6 Å². The summed E-state index contributed by atoms with van der Waals surface area (Å²) in [5, 5.41) is 2.92. The summed E-state index contributed by atoms with van der Waals surface area (Å²) >= 11 is 0. The van der Waals surface area contributed by atoms with E-state index in [4.69, 9.17) is 9.47 Å². The van der Waals surface area contributed by atoms with E-state index in [1.54, 1.807) is 19.2 Å². The number of methoxy groups -OCH3 is 1. The van der Waals surface area contributed by atoms with Crippen molar-refractivity contribution in [2.24, 2.45) is 0 Å². The molecule has 2 aliphatic rings. The van der Waals surface area contributed by atoms with Gasteiger partial charge in [0.2, 0.25) is 5.91 Å². The van der Waals surface area contributed by atoms with Gasteiger partial charge in [0.15, 0.2) is 17.3 Å². The van der Waals surface area contributed by atoms with Crippen LogP contribution in [0.15, 0.2) is 53.7 Å². The van der Waals surface area contributed by atoms with Gasteiger partial charge < -0.3 is 14.8 Å². The predicted octanol–water partition coefficient (Wildman–Crippen LogP) is 4.63. The van der Waals surface area contributed by atoms with E-state index in [1.165, 1.54) is 12.1 Å². The molecule has 2 atom stereocenters. The van der Waals surface area contributed by atoms with Crippen LogP contribution in [0.4, 0.5) is 4.39 Å². The monoisotopic (exact) mass is 423 g/mol. The third kappa shape index (κ3) is 4.33. The largest absolute Gasteiger partial charge is 0.493 e. The van der Waals surface area contributed by atoms with E-state index in [0.717, 1.165) is 11.1 Å². The van der Waals surface area contributed by atoms with Crippen molar-refractivity contribution in [2.75, 3.05) is 7.11 Å². The van der Waals surface area contributed by atoms with Gasteiger partial charge in [0, 0.05) is 30.0 Å². The van der Waals surface area contributed by atoms with E-state index < -0.39 is 0 Å². The molecule has 5 nitrogen and oxygen atoms in total. The molecule has 2 aromatic carbocycles. The number of allylic oxidation sites excluding steroid dienone is 2. The first-order valence-corrected chi connectivity index (χ1v) is 10.5. The normalized spacial score (nSPS) is 21.1. The first kappa shape index (κ1) is 21.1. The zero-order valence-corrected chi connectivity index (χ0v) is 17.9. The van der Waals surface area contributed by atoms with Gasteiger partial charge >= 0.3 is 0 Å². The Balaban J connectivity index is 1.65. The van der Waals surface area contributed by atoms with Crippen LogP contribution in [0.2, 0.25) is 0 Å². The summed E-state index contributed by atoms with van der Waals surface area (Å²) in [5.41, 5.74) is 3.07. The molecule has 0 bridgehead atoms. The van der Waals surface area contributed by atoms with E-state index in [2.05, 4.69) is 5.32 Å². The maximum Gasteiger partial charge on any atom is 0.225 e. The SMILES string of the molecule is COc1cc(C2CC(=O)C3=C(C2)NC(=O)CC3c2ccc(F)cc2)ccc1OC(C)C. The lowest BCUT2D eigenvalue weighted by atomic mass is 9.73.